The Kier molecular flexibility index (Phi) is 10.0. The summed E-state index contributed by atoms with van der Waals surface area (Å²) in [7, 11) is 0. The standard InChI is InChI=1S/C32H41N3O4/c1-21(2)34-19-27(36)32(39-30-16-10-14-26-25(30)17-18-33-26)31(35-22(3)4)28(37)20-38-29-15-9-8-13-24(29)23-11-6-5-7-12-23/h5-18,21-22,27-28,31-37H,19-20H2,1-4H3. The molecular formula is C32H41N3O4. The zero-order valence-corrected chi connectivity index (χ0v) is 23.2. The van der Waals surface area contributed by atoms with Gasteiger partial charge < -0.3 is 35.3 Å². The molecule has 0 aliphatic rings. The van der Waals surface area contributed by atoms with Crippen molar-refractivity contribution in [3.05, 3.63) is 85.1 Å². The molecular weight excluding hydrogens is 490 g/mol. The topological polar surface area (TPSA) is 98.8 Å². The van der Waals surface area contributed by atoms with Gasteiger partial charge in [0.2, 0.25) is 0 Å². The monoisotopic (exact) mass is 531 g/mol. The first-order chi connectivity index (χ1) is 18.8. The fourth-order valence-corrected chi connectivity index (χ4v) is 4.71. The molecule has 5 N–H and O–H groups in total. The maximum atomic E-state index is 11.5. The van der Waals surface area contributed by atoms with Crippen molar-refractivity contribution in [2.24, 2.45) is 0 Å². The van der Waals surface area contributed by atoms with Crippen LogP contribution in [0.2, 0.25) is 0 Å². The van der Waals surface area contributed by atoms with Gasteiger partial charge in [-0.3, -0.25) is 0 Å². The Bertz CT molecular complexity index is 1290. The average Bonchev–Trinajstić information content (AvgIpc) is 3.42. The molecule has 39 heavy (non-hydrogen) atoms. The Hall–Kier alpha value is -3.36. The predicted octanol–water partition coefficient (Wildman–Crippen LogP) is 4.75. The molecule has 7 heteroatoms. The van der Waals surface area contributed by atoms with Crippen molar-refractivity contribution in [2.75, 3.05) is 13.2 Å². The summed E-state index contributed by atoms with van der Waals surface area (Å²) in [6, 6.07) is 25.1. The van der Waals surface area contributed by atoms with Gasteiger partial charge in [-0.2, -0.15) is 0 Å². The summed E-state index contributed by atoms with van der Waals surface area (Å²) < 4.78 is 12.7. The molecule has 1 heterocycles. The Morgan fingerprint density at radius 3 is 2.23 bits per heavy atom. The van der Waals surface area contributed by atoms with Crippen molar-refractivity contribution in [2.45, 2.75) is 64.1 Å². The number of rotatable bonds is 14. The Labute approximate surface area is 231 Å². The van der Waals surface area contributed by atoms with E-state index >= 15 is 0 Å². The van der Waals surface area contributed by atoms with Gasteiger partial charge in [-0.05, 0) is 29.8 Å². The normalized spacial score (nSPS) is 14.9. The van der Waals surface area contributed by atoms with Gasteiger partial charge in [-0.1, -0.05) is 82.3 Å². The van der Waals surface area contributed by atoms with E-state index in [1.54, 1.807) is 0 Å². The molecule has 4 aromatic rings. The zero-order valence-electron chi connectivity index (χ0n) is 23.2. The fourth-order valence-electron chi connectivity index (χ4n) is 4.71. The van der Waals surface area contributed by atoms with Gasteiger partial charge in [0.15, 0.2) is 0 Å². The highest BCUT2D eigenvalue weighted by atomic mass is 16.5. The second-order valence-electron chi connectivity index (χ2n) is 10.5. The summed E-state index contributed by atoms with van der Waals surface area (Å²) in [5, 5.41) is 30.5. The first-order valence-electron chi connectivity index (χ1n) is 13.7. The van der Waals surface area contributed by atoms with Crippen LogP contribution in [0, 0.1) is 0 Å². The van der Waals surface area contributed by atoms with Crippen molar-refractivity contribution in [1.29, 1.82) is 0 Å². The van der Waals surface area contributed by atoms with Gasteiger partial charge in [-0.15, -0.1) is 0 Å². The maximum Gasteiger partial charge on any atom is 0.144 e. The molecule has 0 saturated carbocycles. The van der Waals surface area contributed by atoms with E-state index in [4.69, 9.17) is 9.47 Å². The van der Waals surface area contributed by atoms with Crippen molar-refractivity contribution < 1.29 is 19.7 Å². The van der Waals surface area contributed by atoms with Gasteiger partial charge in [0.05, 0.1) is 6.04 Å². The van der Waals surface area contributed by atoms with E-state index in [2.05, 4.69) is 15.6 Å². The van der Waals surface area contributed by atoms with E-state index in [1.807, 2.05) is 113 Å². The van der Waals surface area contributed by atoms with Gasteiger partial charge in [0.25, 0.3) is 0 Å². The SMILES string of the molecule is CC(C)NCC(O)C(Oc1cccc2[nH]ccc12)C(NC(C)C)C(O)COc1ccccc1-c1ccccc1. The molecule has 208 valence electrons. The second-order valence-corrected chi connectivity index (χ2v) is 10.5. The van der Waals surface area contributed by atoms with Crippen LogP contribution in [0.25, 0.3) is 22.0 Å². The first-order valence-corrected chi connectivity index (χ1v) is 13.7. The Balaban J connectivity index is 1.60. The quantitative estimate of drug-likeness (QED) is 0.161. The maximum absolute atomic E-state index is 11.5. The second kappa shape index (κ2) is 13.6. The van der Waals surface area contributed by atoms with Crippen LogP contribution in [-0.2, 0) is 0 Å². The summed E-state index contributed by atoms with van der Waals surface area (Å²) in [6.07, 6.45) is -0.772. The van der Waals surface area contributed by atoms with Gasteiger partial charge >= 0.3 is 0 Å². The Morgan fingerprint density at radius 2 is 1.49 bits per heavy atom. The molecule has 0 radical (unpaired) electrons. The van der Waals surface area contributed by atoms with E-state index in [9.17, 15) is 10.2 Å². The van der Waals surface area contributed by atoms with Crippen LogP contribution in [0.15, 0.2) is 85.1 Å². The number of benzene rings is 3. The molecule has 4 unspecified atom stereocenters. The molecule has 1 aromatic heterocycles. The van der Waals surface area contributed by atoms with E-state index < -0.39 is 24.4 Å². The highest BCUT2D eigenvalue weighted by Crippen LogP contribution is 2.30. The summed E-state index contributed by atoms with van der Waals surface area (Å²) in [4.78, 5) is 3.20. The highest BCUT2D eigenvalue weighted by Gasteiger charge is 2.36. The van der Waals surface area contributed by atoms with Crippen LogP contribution in [0.4, 0.5) is 0 Å². The third kappa shape index (κ3) is 7.61. The predicted molar refractivity (Wildman–Crippen MR) is 157 cm³/mol. The van der Waals surface area contributed by atoms with Crippen molar-refractivity contribution in [3.63, 3.8) is 0 Å². The lowest BCUT2D eigenvalue weighted by Gasteiger charge is -2.36. The molecule has 0 spiro atoms. The number of nitrogens with one attached hydrogen (secondary N) is 3. The third-order valence-corrected chi connectivity index (χ3v) is 6.61. The minimum atomic E-state index is -0.972. The third-order valence-electron chi connectivity index (χ3n) is 6.61. The van der Waals surface area contributed by atoms with Crippen LogP contribution in [0.3, 0.4) is 0 Å². The number of aliphatic hydroxyl groups excluding tert-OH is 2. The summed E-state index contributed by atoms with van der Waals surface area (Å²) in [5.74, 6) is 1.32. The van der Waals surface area contributed by atoms with Crippen LogP contribution in [-0.4, -0.2) is 64.8 Å². The van der Waals surface area contributed by atoms with E-state index in [-0.39, 0.29) is 18.7 Å². The van der Waals surface area contributed by atoms with Gasteiger partial charge in [0, 0.05) is 41.3 Å². The fraction of sp³-hybridized carbons (Fsp3) is 0.375. The lowest BCUT2D eigenvalue weighted by Crippen LogP contribution is -2.60. The minimum Gasteiger partial charge on any atom is -0.490 e. The zero-order chi connectivity index (χ0) is 27.8. The average molecular weight is 532 g/mol. The number of aromatic amines is 1. The molecule has 0 aliphatic heterocycles. The Morgan fingerprint density at radius 1 is 0.769 bits per heavy atom. The number of hydrogen-bond donors (Lipinski definition) is 5. The molecule has 0 amide bonds. The number of para-hydroxylation sites is 1. The lowest BCUT2D eigenvalue weighted by molar-refractivity contribution is -0.0360. The molecule has 0 bridgehead atoms. The largest absolute Gasteiger partial charge is 0.490 e. The molecule has 4 rings (SSSR count). The van der Waals surface area contributed by atoms with Crippen molar-refractivity contribution in [1.82, 2.24) is 15.6 Å². The molecule has 0 fully saturated rings. The number of hydrogen-bond acceptors (Lipinski definition) is 6. The van der Waals surface area contributed by atoms with E-state index in [0.29, 0.717) is 18.0 Å². The minimum absolute atomic E-state index is 0.0206. The first kappa shape index (κ1) is 28.6. The molecule has 0 aliphatic carbocycles. The molecule has 4 atom stereocenters. The lowest BCUT2D eigenvalue weighted by atomic mass is 9.98. The molecule has 3 aromatic carbocycles. The van der Waals surface area contributed by atoms with Crippen LogP contribution in [0.1, 0.15) is 27.7 Å². The summed E-state index contributed by atoms with van der Waals surface area (Å²) >= 11 is 0. The molecule has 0 saturated heterocycles. The molecule has 7 nitrogen and oxygen atoms in total. The number of aromatic nitrogens is 1. The smallest absolute Gasteiger partial charge is 0.144 e. The number of aliphatic hydroxyl groups is 2. The number of fused-ring (bicyclic) bond motifs is 1. The highest BCUT2D eigenvalue weighted by molar-refractivity contribution is 5.85. The van der Waals surface area contributed by atoms with Gasteiger partial charge in [-0.25, -0.2) is 0 Å². The number of H-pyrrole nitrogens is 1. The van der Waals surface area contributed by atoms with E-state index in [0.717, 1.165) is 22.0 Å². The van der Waals surface area contributed by atoms with Crippen LogP contribution >= 0.6 is 0 Å². The summed E-state index contributed by atoms with van der Waals surface area (Å²) in [5.41, 5.74) is 2.93. The van der Waals surface area contributed by atoms with E-state index in [1.165, 1.54) is 0 Å². The summed E-state index contributed by atoms with van der Waals surface area (Å²) in [6.45, 7) is 8.40. The van der Waals surface area contributed by atoms with Crippen LogP contribution in [0.5, 0.6) is 11.5 Å². The van der Waals surface area contributed by atoms with Gasteiger partial charge in [0.1, 0.15) is 36.4 Å². The number of ether oxygens (including phenoxy) is 2. The van der Waals surface area contributed by atoms with Crippen molar-refractivity contribution in [3.8, 4) is 22.6 Å². The van der Waals surface area contributed by atoms with Crippen LogP contribution < -0.4 is 20.1 Å². The van der Waals surface area contributed by atoms with Crippen molar-refractivity contribution >= 4 is 10.9 Å².